The fourth-order valence-electron chi connectivity index (χ4n) is 4.19. The molecule has 126 valence electrons. The Hall–Kier alpha value is -0.600. The van der Waals surface area contributed by atoms with Crippen LogP contribution in [0.4, 0.5) is 0 Å². The van der Waals surface area contributed by atoms with E-state index in [9.17, 15) is 19.4 Å². The Morgan fingerprint density at radius 3 is 2.32 bits per heavy atom. The number of aliphatic carboxylic acids is 1. The fourth-order valence-corrected chi connectivity index (χ4v) is 6.94. The number of rotatable bonds is 5. The third-order valence-electron chi connectivity index (χ3n) is 5.45. The summed E-state index contributed by atoms with van der Waals surface area (Å²) in [7, 11) is -3.49. The van der Waals surface area contributed by atoms with Crippen molar-refractivity contribution in [2.45, 2.75) is 70.9 Å². The Balaban J connectivity index is 2.14. The highest BCUT2D eigenvalue weighted by Gasteiger charge is 2.46. The van der Waals surface area contributed by atoms with Crippen molar-refractivity contribution >= 4 is 13.3 Å². The van der Waals surface area contributed by atoms with Crippen LogP contribution in [0.3, 0.4) is 0 Å². The molecule has 2 aliphatic rings. The van der Waals surface area contributed by atoms with Gasteiger partial charge >= 0.3 is 5.97 Å². The second kappa shape index (κ2) is 6.88. The summed E-state index contributed by atoms with van der Waals surface area (Å²) in [5, 5.41) is 9.44. The number of hydrogen-bond donors (Lipinski definition) is 2. The second-order valence-electron chi connectivity index (χ2n) is 7.71. The van der Waals surface area contributed by atoms with Gasteiger partial charge in [0.1, 0.15) is 0 Å². The number of carboxylic acid groups (broad SMARTS) is 1. The van der Waals surface area contributed by atoms with Crippen LogP contribution < -0.4 is 0 Å². The highest BCUT2D eigenvalue weighted by atomic mass is 31.2. The molecular weight excluding hydrogens is 299 g/mol. The second-order valence-corrected chi connectivity index (χ2v) is 10.2. The van der Waals surface area contributed by atoms with Gasteiger partial charge < -0.3 is 10.00 Å². The monoisotopic (exact) mass is 328 g/mol. The van der Waals surface area contributed by atoms with Crippen molar-refractivity contribution in [3.63, 3.8) is 0 Å². The van der Waals surface area contributed by atoms with E-state index in [0.29, 0.717) is 0 Å². The Labute approximate surface area is 133 Å². The number of allylic oxidation sites excluding steroid dienone is 1. The molecule has 0 amide bonds. The van der Waals surface area contributed by atoms with Gasteiger partial charge in [0.05, 0.1) is 6.16 Å². The smallest absolute Gasteiger partial charge is 0.331 e. The molecule has 22 heavy (non-hydrogen) atoms. The zero-order valence-electron chi connectivity index (χ0n) is 13.8. The molecule has 0 bridgehead atoms. The van der Waals surface area contributed by atoms with Crippen LogP contribution in [0.5, 0.6) is 0 Å². The van der Waals surface area contributed by atoms with Gasteiger partial charge in [0.15, 0.2) is 0 Å². The third-order valence-corrected chi connectivity index (χ3v) is 8.17. The van der Waals surface area contributed by atoms with Crippen LogP contribution in [0.25, 0.3) is 0 Å². The van der Waals surface area contributed by atoms with Crippen LogP contribution in [0, 0.1) is 11.3 Å². The summed E-state index contributed by atoms with van der Waals surface area (Å²) >= 11 is 0. The van der Waals surface area contributed by atoms with Crippen molar-refractivity contribution < 1.29 is 19.4 Å². The van der Waals surface area contributed by atoms with E-state index >= 15 is 0 Å². The van der Waals surface area contributed by atoms with Gasteiger partial charge in [0.2, 0.25) is 7.37 Å². The molecule has 2 saturated carbocycles. The summed E-state index contributed by atoms with van der Waals surface area (Å²) in [6.07, 6.45) is 9.69. The quantitative estimate of drug-likeness (QED) is 0.578. The molecule has 0 radical (unpaired) electrons. The van der Waals surface area contributed by atoms with Gasteiger partial charge in [0, 0.05) is 11.2 Å². The minimum atomic E-state index is -3.49. The average molecular weight is 328 g/mol. The van der Waals surface area contributed by atoms with E-state index < -0.39 is 13.3 Å². The molecule has 2 unspecified atom stereocenters. The largest absolute Gasteiger partial charge is 0.478 e. The fraction of sp³-hybridized carbons (Fsp3) is 0.824. The maximum atomic E-state index is 12.8. The highest BCUT2D eigenvalue weighted by molar-refractivity contribution is 7.59. The molecule has 2 fully saturated rings. The zero-order valence-corrected chi connectivity index (χ0v) is 14.6. The molecule has 0 aliphatic heterocycles. The van der Waals surface area contributed by atoms with Gasteiger partial charge in [-0.15, -0.1) is 0 Å². The predicted octanol–water partition coefficient (Wildman–Crippen LogP) is 4.43. The molecule has 2 rings (SSSR count). The minimum absolute atomic E-state index is 0.153. The summed E-state index contributed by atoms with van der Waals surface area (Å²) in [5.41, 5.74) is -0.284. The predicted molar refractivity (Wildman–Crippen MR) is 88.4 cm³/mol. The molecule has 0 heterocycles. The Morgan fingerprint density at radius 1 is 1.18 bits per heavy atom. The van der Waals surface area contributed by atoms with E-state index in [-0.39, 0.29) is 28.7 Å². The van der Waals surface area contributed by atoms with Crippen LogP contribution >= 0.6 is 7.37 Å². The Bertz CT molecular complexity index is 489. The van der Waals surface area contributed by atoms with Gasteiger partial charge in [-0.2, -0.15) is 0 Å². The van der Waals surface area contributed by atoms with E-state index in [1.165, 1.54) is 6.42 Å². The third kappa shape index (κ3) is 4.23. The maximum absolute atomic E-state index is 12.8. The highest BCUT2D eigenvalue weighted by Crippen LogP contribution is 2.60. The van der Waals surface area contributed by atoms with E-state index in [1.807, 2.05) is 13.8 Å². The van der Waals surface area contributed by atoms with E-state index in [1.54, 1.807) is 6.08 Å². The molecule has 0 aromatic heterocycles. The van der Waals surface area contributed by atoms with E-state index in [2.05, 4.69) is 0 Å². The van der Waals surface area contributed by atoms with Crippen molar-refractivity contribution in [2.24, 2.45) is 11.3 Å². The standard InChI is InChI=1S/C17H29O4P/c1-17(2)10-6-9-15(17)22(20,21)12-14(16(18)19)11-13-7-4-3-5-8-13/h11,13,15H,3-10,12H2,1-2H3,(H,18,19)(H,20,21)/b14-11+. The topological polar surface area (TPSA) is 74.6 Å². The van der Waals surface area contributed by atoms with Crippen molar-refractivity contribution in [3.05, 3.63) is 11.6 Å². The lowest BCUT2D eigenvalue weighted by Crippen LogP contribution is -2.25. The van der Waals surface area contributed by atoms with E-state index in [4.69, 9.17) is 0 Å². The van der Waals surface area contributed by atoms with Crippen molar-refractivity contribution in [3.8, 4) is 0 Å². The first-order chi connectivity index (χ1) is 10.2. The lowest BCUT2D eigenvalue weighted by molar-refractivity contribution is -0.132. The molecule has 5 heteroatoms. The van der Waals surface area contributed by atoms with Gasteiger partial charge in [-0.3, -0.25) is 4.57 Å². The first-order valence-electron chi connectivity index (χ1n) is 8.48. The van der Waals surface area contributed by atoms with Gasteiger partial charge in [0.25, 0.3) is 0 Å². The minimum Gasteiger partial charge on any atom is -0.478 e. The molecule has 0 spiro atoms. The first-order valence-corrected chi connectivity index (χ1v) is 10.4. The lowest BCUT2D eigenvalue weighted by Gasteiger charge is -2.31. The molecule has 2 aliphatic carbocycles. The molecule has 0 aromatic rings. The van der Waals surface area contributed by atoms with Gasteiger partial charge in [-0.25, -0.2) is 4.79 Å². The maximum Gasteiger partial charge on any atom is 0.331 e. The molecule has 0 aromatic carbocycles. The number of carboxylic acids is 1. The Morgan fingerprint density at radius 2 is 1.82 bits per heavy atom. The summed E-state index contributed by atoms with van der Waals surface area (Å²) in [5.74, 6) is -0.771. The summed E-state index contributed by atoms with van der Waals surface area (Å²) in [4.78, 5) is 22.1. The summed E-state index contributed by atoms with van der Waals surface area (Å²) < 4.78 is 12.8. The molecule has 4 nitrogen and oxygen atoms in total. The SMILES string of the molecule is CC1(C)CCCC1P(=O)(O)C/C(=C\C1CCCCC1)C(=O)O. The van der Waals surface area contributed by atoms with Crippen molar-refractivity contribution in [1.29, 1.82) is 0 Å². The Kier molecular flexibility index (Phi) is 5.55. The van der Waals surface area contributed by atoms with Gasteiger partial charge in [-0.05, 0) is 37.0 Å². The molecule has 0 saturated heterocycles. The lowest BCUT2D eigenvalue weighted by atomic mass is 9.88. The zero-order chi connectivity index (χ0) is 16.4. The number of hydrogen-bond acceptors (Lipinski definition) is 2. The average Bonchev–Trinajstić information content (AvgIpc) is 2.79. The molecular formula is C17H29O4P. The number of carbonyl (C=O) groups is 1. The van der Waals surface area contributed by atoms with Crippen LogP contribution in [0.1, 0.15) is 65.2 Å². The van der Waals surface area contributed by atoms with Crippen molar-refractivity contribution in [1.82, 2.24) is 0 Å². The normalized spacial score (nSPS) is 29.2. The summed E-state index contributed by atoms with van der Waals surface area (Å²) in [6, 6.07) is 0. The van der Waals surface area contributed by atoms with E-state index in [0.717, 1.165) is 44.9 Å². The van der Waals surface area contributed by atoms with Crippen LogP contribution in [-0.4, -0.2) is 27.8 Å². The molecule has 2 N–H and O–H groups in total. The van der Waals surface area contributed by atoms with Gasteiger partial charge in [-0.1, -0.05) is 45.6 Å². The first kappa shape index (κ1) is 17.7. The van der Waals surface area contributed by atoms with Crippen LogP contribution in [0.15, 0.2) is 11.6 Å². The van der Waals surface area contributed by atoms with Crippen LogP contribution in [0.2, 0.25) is 0 Å². The van der Waals surface area contributed by atoms with Crippen molar-refractivity contribution in [2.75, 3.05) is 6.16 Å². The van der Waals surface area contributed by atoms with Crippen LogP contribution in [-0.2, 0) is 9.36 Å². The molecule has 2 atom stereocenters. The summed E-state index contributed by atoms with van der Waals surface area (Å²) in [6.45, 7) is 4.05.